The highest BCUT2D eigenvalue weighted by molar-refractivity contribution is 8.00. The van der Waals surface area contributed by atoms with Gasteiger partial charge in [-0.25, -0.2) is 0 Å². The average Bonchev–Trinajstić information content (AvgIpc) is 2.18. The monoisotopic (exact) mass is 236 g/mol. The molecule has 0 saturated carbocycles. The molecule has 1 nitrogen and oxygen atoms in total. The van der Waals surface area contributed by atoms with Gasteiger partial charge in [-0.15, -0.1) is 11.8 Å². The van der Waals surface area contributed by atoms with Crippen molar-refractivity contribution in [3.63, 3.8) is 0 Å². The van der Waals surface area contributed by atoms with Gasteiger partial charge in [-0.2, -0.15) is 0 Å². The van der Waals surface area contributed by atoms with Gasteiger partial charge in [-0.3, -0.25) is 4.79 Å². The van der Waals surface area contributed by atoms with Gasteiger partial charge in [-0.05, 0) is 17.7 Å². The molecule has 0 unspecified atom stereocenters. The maximum Gasteiger partial charge on any atom is 0.136 e. The Bertz CT molecular complexity index is 346. The lowest BCUT2D eigenvalue weighted by atomic mass is 10.1. The van der Waals surface area contributed by atoms with Crippen molar-refractivity contribution in [2.24, 2.45) is 0 Å². The molecule has 0 amide bonds. The first-order valence-corrected chi connectivity index (χ1v) is 6.52. The zero-order valence-electron chi connectivity index (χ0n) is 10.5. The molecule has 1 aromatic carbocycles. The first-order valence-electron chi connectivity index (χ1n) is 5.70. The van der Waals surface area contributed by atoms with E-state index in [0.29, 0.717) is 18.6 Å². The fourth-order valence-corrected chi connectivity index (χ4v) is 2.36. The molecule has 2 heteroatoms. The number of hydrogen-bond donors (Lipinski definition) is 0. The van der Waals surface area contributed by atoms with Crippen molar-refractivity contribution in [2.45, 2.75) is 50.2 Å². The Kier molecular flexibility index (Phi) is 4.60. The molecular weight excluding hydrogens is 216 g/mol. The zero-order chi connectivity index (χ0) is 12.2. The van der Waals surface area contributed by atoms with E-state index in [2.05, 4.69) is 45.0 Å². The molecule has 0 aromatic heterocycles. The molecular formula is C14H20OS. The highest BCUT2D eigenvalue weighted by Crippen LogP contribution is 2.31. The molecule has 0 N–H and O–H groups in total. The van der Waals surface area contributed by atoms with E-state index in [1.54, 1.807) is 0 Å². The summed E-state index contributed by atoms with van der Waals surface area (Å²) in [6, 6.07) is 8.33. The molecule has 0 aliphatic rings. The number of thioether (sulfide) groups is 1. The summed E-state index contributed by atoms with van der Waals surface area (Å²) in [4.78, 5) is 12.6. The Labute approximate surface area is 103 Å². The minimum Gasteiger partial charge on any atom is -0.299 e. The van der Waals surface area contributed by atoms with Gasteiger partial charge in [0.25, 0.3) is 0 Å². The van der Waals surface area contributed by atoms with Gasteiger partial charge < -0.3 is 0 Å². The maximum absolute atomic E-state index is 11.3. The summed E-state index contributed by atoms with van der Waals surface area (Å²) in [5.74, 6) is 0.302. The minimum atomic E-state index is 0.237. The quantitative estimate of drug-likeness (QED) is 0.732. The second kappa shape index (κ2) is 5.53. The third-order valence-corrected chi connectivity index (χ3v) is 3.26. The summed E-state index contributed by atoms with van der Waals surface area (Å²) in [5.41, 5.74) is 1.12. The lowest BCUT2D eigenvalue weighted by Crippen LogP contribution is -2.06. The highest BCUT2D eigenvalue weighted by atomic mass is 32.2. The SMILES string of the molecule is CCC(=O)Cc1ccc(SC(C)(C)C)cc1. The van der Waals surface area contributed by atoms with Gasteiger partial charge in [0, 0.05) is 22.5 Å². The summed E-state index contributed by atoms with van der Waals surface area (Å²) in [7, 11) is 0. The number of carbonyl (C=O) groups is 1. The van der Waals surface area contributed by atoms with Gasteiger partial charge in [0.05, 0.1) is 0 Å². The predicted molar refractivity (Wildman–Crippen MR) is 71.1 cm³/mol. The molecule has 0 aliphatic heterocycles. The van der Waals surface area contributed by atoms with Crippen LogP contribution < -0.4 is 0 Å². The van der Waals surface area contributed by atoms with Crippen molar-refractivity contribution in [1.29, 1.82) is 0 Å². The van der Waals surface area contributed by atoms with Crippen LogP contribution in [0.5, 0.6) is 0 Å². The van der Waals surface area contributed by atoms with E-state index in [1.165, 1.54) is 4.90 Å². The minimum absolute atomic E-state index is 0.237. The number of ketones is 1. The van der Waals surface area contributed by atoms with Gasteiger partial charge in [0.15, 0.2) is 0 Å². The second-order valence-electron chi connectivity index (χ2n) is 4.93. The van der Waals surface area contributed by atoms with E-state index in [1.807, 2.05) is 18.7 Å². The highest BCUT2D eigenvalue weighted by Gasteiger charge is 2.11. The summed E-state index contributed by atoms with van der Waals surface area (Å²) < 4.78 is 0.237. The Balaban J connectivity index is 2.64. The van der Waals surface area contributed by atoms with Crippen LogP contribution in [0.2, 0.25) is 0 Å². The molecule has 0 heterocycles. The summed E-state index contributed by atoms with van der Waals surface area (Å²) in [6.45, 7) is 8.51. The van der Waals surface area contributed by atoms with E-state index in [0.717, 1.165) is 5.56 Å². The lowest BCUT2D eigenvalue weighted by molar-refractivity contribution is -0.118. The molecule has 0 aliphatic carbocycles. The number of Topliss-reactive ketones (excluding diaryl/α,β-unsaturated/α-hetero) is 1. The first-order chi connectivity index (χ1) is 7.40. The van der Waals surface area contributed by atoms with E-state index in [-0.39, 0.29) is 4.75 Å². The fourth-order valence-electron chi connectivity index (χ4n) is 1.38. The summed E-state index contributed by atoms with van der Waals surface area (Å²) >= 11 is 1.85. The summed E-state index contributed by atoms with van der Waals surface area (Å²) in [5, 5.41) is 0. The molecule has 0 spiro atoms. The molecule has 16 heavy (non-hydrogen) atoms. The van der Waals surface area contributed by atoms with Crippen molar-refractivity contribution in [2.75, 3.05) is 0 Å². The molecule has 1 aromatic rings. The second-order valence-corrected chi connectivity index (χ2v) is 6.83. The van der Waals surface area contributed by atoms with Crippen LogP contribution in [0.1, 0.15) is 39.7 Å². The average molecular weight is 236 g/mol. The van der Waals surface area contributed by atoms with Crippen LogP contribution in [0, 0.1) is 0 Å². The van der Waals surface area contributed by atoms with Crippen LogP contribution in [-0.2, 0) is 11.2 Å². The van der Waals surface area contributed by atoms with Gasteiger partial charge in [0.1, 0.15) is 5.78 Å². The molecule has 88 valence electrons. The Hall–Kier alpha value is -0.760. The zero-order valence-corrected chi connectivity index (χ0v) is 11.4. The summed E-state index contributed by atoms with van der Waals surface area (Å²) in [6.07, 6.45) is 1.19. The van der Waals surface area contributed by atoms with Crippen molar-refractivity contribution in [3.8, 4) is 0 Å². The van der Waals surface area contributed by atoms with Crippen molar-refractivity contribution in [1.82, 2.24) is 0 Å². The van der Waals surface area contributed by atoms with Crippen LogP contribution in [0.4, 0.5) is 0 Å². The third-order valence-electron chi connectivity index (χ3n) is 2.14. The van der Waals surface area contributed by atoms with E-state index in [4.69, 9.17) is 0 Å². The fraction of sp³-hybridized carbons (Fsp3) is 0.500. The number of benzene rings is 1. The van der Waals surface area contributed by atoms with Crippen molar-refractivity contribution < 1.29 is 4.79 Å². The lowest BCUT2D eigenvalue weighted by Gasteiger charge is -2.17. The van der Waals surface area contributed by atoms with Crippen LogP contribution in [-0.4, -0.2) is 10.5 Å². The molecule has 0 fully saturated rings. The predicted octanol–water partition coefficient (Wildman–Crippen LogP) is 4.10. The van der Waals surface area contributed by atoms with E-state index >= 15 is 0 Å². The van der Waals surface area contributed by atoms with Crippen LogP contribution in [0.15, 0.2) is 29.2 Å². The largest absolute Gasteiger partial charge is 0.299 e. The van der Waals surface area contributed by atoms with E-state index in [9.17, 15) is 4.79 Å². The molecule has 0 atom stereocenters. The number of carbonyl (C=O) groups excluding carboxylic acids is 1. The van der Waals surface area contributed by atoms with Gasteiger partial charge in [0.2, 0.25) is 0 Å². The molecule has 0 radical (unpaired) electrons. The standard InChI is InChI=1S/C14H20OS/c1-5-12(15)10-11-6-8-13(9-7-11)16-14(2,3)4/h6-9H,5,10H2,1-4H3. The third kappa shape index (κ3) is 4.84. The Morgan fingerprint density at radius 3 is 2.19 bits per heavy atom. The van der Waals surface area contributed by atoms with Crippen molar-refractivity contribution in [3.05, 3.63) is 29.8 Å². The number of hydrogen-bond acceptors (Lipinski definition) is 2. The topological polar surface area (TPSA) is 17.1 Å². The van der Waals surface area contributed by atoms with Gasteiger partial charge >= 0.3 is 0 Å². The number of rotatable bonds is 4. The first kappa shape index (κ1) is 13.3. The molecule has 0 saturated heterocycles. The Morgan fingerprint density at radius 1 is 1.19 bits per heavy atom. The van der Waals surface area contributed by atoms with Gasteiger partial charge in [-0.1, -0.05) is 39.8 Å². The Morgan fingerprint density at radius 2 is 1.75 bits per heavy atom. The maximum atomic E-state index is 11.3. The van der Waals surface area contributed by atoms with Crippen LogP contribution in [0.3, 0.4) is 0 Å². The molecule has 1 rings (SSSR count). The van der Waals surface area contributed by atoms with E-state index < -0.39 is 0 Å². The van der Waals surface area contributed by atoms with Crippen molar-refractivity contribution >= 4 is 17.5 Å². The van der Waals surface area contributed by atoms with Crippen LogP contribution in [0.25, 0.3) is 0 Å². The molecule has 0 bridgehead atoms. The van der Waals surface area contributed by atoms with Crippen LogP contribution >= 0.6 is 11.8 Å². The smallest absolute Gasteiger partial charge is 0.136 e. The normalized spacial score (nSPS) is 11.5.